The highest BCUT2D eigenvalue weighted by Crippen LogP contribution is 2.27. The molecule has 2 aromatic carbocycles. The molecule has 2 atom stereocenters. The Morgan fingerprint density at radius 2 is 1.88 bits per heavy atom. The van der Waals surface area contributed by atoms with Crippen LogP contribution in [0.15, 0.2) is 76.3 Å². The molecular formula is C24H25FN2O4S2. The smallest absolute Gasteiger partial charge is 0.252 e. The lowest BCUT2D eigenvalue weighted by molar-refractivity contribution is -0.127. The van der Waals surface area contributed by atoms with Gasteiger partial charge in [0.1, 0.15) is 10.8 Å². The van der Waals surface area contributed by atoms with Gasteiger partial charge >= 0.3 is 0 Å². The molecule has 2 unspecified atom stereocenters. The molecule has 1 aromatic heterocycles. The molecule has 2 heterocycles. The number of para-hydroxylation sites is 1. The summed E-state index contributed by atoms with van der Waals surface area (Å²) in [4.78, 5) is 13.2. The number of carbonyl (C=O) groups is 1. The minimum Gasteiger partial charge on any atom is -0.488 e. The van der Waals surface area contributed by atoms with E-state index in [1.165, 1.54) is 27.8 Å². The van der Waals surface area contributed by atoms with Crippen LogP contribution in [0.5, 0.6) is 5.75 Å². The number of amides is 1. The average molecular weight is 489 g/mol. The molecule has 174 valence electrons. The van der Waals surface area contributed by atoms with Crippen molar-refractivity contribution in [3.05, 3.63) is 83.5 Å². The maximum atomic E-state index is 14.0. The summed E-state index contributed by atoms with van der Waals surface area (Å²) in [6.45, 7) is 0.560. The van der Waals surface area contributed by atoms with Crippen LogP contribution in [0.2, 0.25) is 0 Å². The molecule has 1 saturated heterocycles. The molecule has 6 nitrogen and oxygen atoms in total. The number of hydrogen-bond acceptors (Lipinski definition) is 5. The van der Waals surface area contributed by atoms with Crippen molar-refractivity contribution in [1.82, 2.24) is 9.62 Å². The van der Waals surface area contributed by atoms with Gasteiger partial charge in [-0.05, 0) is 42.0 Å². The summed E-state index contributed by atoms with van der Waals surface area (Å²) in [5.74, 6) is -1.09. The normalized spacial score (nSPS) is 17.9. The molecule has 1 aliphatic rings. The monoisotopic (exact) mass is 488 g/mol. The van der Waals surface area contributed by atoms with Crippen molar-refractivity contribution in [3.63, 3.8) is 0 Å². The molecule has 0 spiro atoms. The highest BCUT2D eigenvalue weighted by molar-refractivity contribution is 7.91. The lowest BCUT2D eigenvalue weighted by atomic mass is 9.97. The summed E-state index contributed by atoms with van der Waals surface area (Å²) in [5, 5.41) is 4.72. The van der Waals surface area contributed by atoms with Crippen LogP contribution < -0.4 is 10.1 Å². The number of nitrogens with one attached hydrogen (secondary N) is 1. The number of benzene rings is 2. The van der Waals surface area contributed by atoms with E-state index in [0.717, 1.165) is 5.56 Å². The van der Waals surface area contributed by atoms with E-state index >= 15 is 0 Å². The van der Waals surface area contributed by atoms with Crippen LogP contribution in [0.1, 0.15) is 24.4 Å². The third-order valence-electron chi connectivity index (χ3n) is 5.60. The Kier molecular flexibility index (Phi) is 7.42. The van der Waals surface area contributed by atoms with Crippen LogP contribution in [0, 0.1) is 11.7 Å². The number of thiophene rings is 1. The maximum absolute atomic E-state index is 14.0. The molecule has 1 amide bonds. The van der Waals surface area contributed by atoms with Crippen LogP contribution in [0.3, 0.4) is 0 Å². The van der Waals surface area contributed by atoms with Crippen molar-refractivity contribution in [2.24, 2.45) is 5.92 Å². The second kappa shape index (κ2) is 10.5. The van der Waals surface area contributed by atoms with Crippen LogP contribution in [0.25, 0.3) is 0 Å². The van der Waals surface area contributed by atoms with Gasteiger partial charge in [-0.3, -0.25) is 4.79 Å². The summed E-state index contributed by atoms with van der Waals surface area (Å²) in [6, 6.07) is 18.2. The zero-order chi connectivity index (χ0) is 23.3. The van der Waals surface area contributed by atoms with Gasteiger partial charge in [-0.15, -0.1) is 11.3 Å². The molecule has 1 N–H and O–H groups in total. The van der Waals surface area contributed by atoms with Crippen LogP contribution >= 0.6 is 11.3 Å². The highest BCUT2D eigenvalue weighted by Gasteiger charge is 2.34. The van der Waals surface area contributed by atoms with Gasteiger partial charge in [-0.25, -0.2) is 12.8 Å². The number of nitrogens with zero attached hydrogens (tertiary/aromatic N) is 1. The molecule has 4 rings (SSSR count). The molecule has 0 aliphatic carbocycles. The third kappa shape index (κ3) is 5.61. The molecule has 33 heavy (non-hydrogen) atoms. The Balaban J connectivity index is 1.46. The quantitative estimate of drug-likeness (QED) is 0.515. The van der Waals surface area contributed by atoms with E-state index in [1.54, 1.807) is 29.6 Å². The molecule has 9 heteroatoms. The van der Waals surface area contributed by atoms with E-state index in [9.17, 15) is 17.6 Å². The number of piperidine rings is 1. The Bertz CT molecular complexity index is 1170. The second-order valence-corrected chi connectivity index (χ2v) is 11.0. The lowest BCUT2D eigenvalue weighted by Crippen LogP contribution is -2.46. The van der Waals surface area contributed by atoms with Gasteiger partial charge in [0.05, 0.1) is 12.0 Å². The fourth-order valence-electron chi connectivity index (χ4n) is 3.84. The number of halogens is 1. The average Bonchev–Trinajstić information content (AvgIpc) is 3.39. The predicted octanol–water partition coefficient (Wildman–Crippen LogP) is 4.22. The van der Waals surface area contributed by atoms with E-state index in [-0.39, 0.29) is 29.0 Å². The van der Waals surface area contributed by atoms with Crippen LogP contribution in [-0.4, -0.2) is 38.3 Å². The van der Waals surface area contributed by atoms with E-state index in [0.29, 0.717) is 19.4 Å². The van der Waals surface area contributed by atoms with E-state index in [4.69, 9.17) is 4.74 Å². The largest absolute Gasteiger partial charge is 0.488 e. The van der Waals surface area contributed by atoms with Gasteiger partial charge in [0, 0.05) is 13.1 Å². The van der Waals surface area contributed by atoms with Crippen LogP contribution in [-0.2, 0) is 14.8 Å². The van der Waals surface area contributed by atoms with Crippen LogP contribution in [0.4, 0.5) is 4.39 Å². The molecule has 1 aliphatic heterocycles. The summed E-state index contributed by atoms with van der Waals surface area (Å²) in [7, 11) is -3.61. The van der Waals surface area contributed by atoms with Gasteiger partial charge in [0.2, 0.25) is 5.91 Å². The zero-order valence-corrected chi connectivity index (χ0v) is 19.5. The summed E-state index contributed by atoms with van der Waals surface area (Å²) in [6.07, 6.45) is 1.20. The Morgan fingerprint density at radius 3 is 2.61 bits per heavy atom. The first-order valence-electron chi connectivity index (χ1n) is 10.7. The van der Waals surface area contributed by atoms with E-state index < -0.39 is 27.8 Å². The zero-order valence-electron chi connectivity index (χ0n) is 17.9. The predicted molar refractivity (Wildman–Crippen MR) is 125 cm³/mol. The topological polar surface area (TPSA) is 75.7 Å². The number of sulfonamides is 1. The number of ether oxygens (including phenoxy) is 1. The summed E-state index contributed by atoms with van der Waals surface area (Å²) < 4.78 is 47.1. The summed E-state index contributed by atoms with van der Waals surface area (Å²) >= 11 is 1.17. The minimum absolute atomic E-state index is 0.0423. The van der Waals surface area contributed by atoms with Crippen molar-refractivity contribution < 1.29 is 22.3 Å². The molecule has 1 fully saturated rings. The van der Waals surface area contributed by atoms with Crippen molar-refractivity contribution >= 4 is 27.3 Å². The van der Waals surface area contributed by atoms with Gasteiger partial charge in [-0.1, -0.05) is 48.5 Å². The fraction of sp³-hybridized carbons (Fsp3) is 0.292. The first-order valence-corrected chi connectivity index (χ1v) is 13.0. The molecule has 3 aromatic rings. The molecular weight excluding hydrogens is 463 g/mol. The highest BCUT2D eigenvalue weighted by atomic mass is 32.2. The van der Waals surface area contributed by atoms with Crippen molar-refractivity contribution in [2.75, 3.05) is 19.7 Å². The SMILES string of the molecule is O=C(NC(COc1ccccc1F)c1ccccc1)C1CCCN(S(=O)(=O)c2cccs2)C1. The Hall–Kier alpha value is -2.75. The van der Waals surface area contributed by atoms with Crippen molar-refractivity contribution in [1.29, 1.82) is 0 Å². The number of hydrogen-bond donors (Lipinski definition) is 1. The Morgan fingerprint density at radius 1 is 1.12 bits per heavy atom. The van der Waals surface area contributed by atoms with E-state index in [1.807, 2.05) is 30.3 Å². The van der Waals surface area contributed by atoms with Gasteiger partial charge in [0.15, 0.2) is 11.6 Å². The molecule has 0 bridgehead atoms. The lowest BCUT2D eigenvalue weighted by Gasteiger charge is -2.32. The Labute approximate surface area is 197 Å². The number of rotatable bonds is 8. The van der Waals surface area contributed by atoms with Crippen molar-refractivity contribution in [2.45, 2.75) is 23.1 Å². The second-order valence-electron chi connectivity index (χ2n) is 7.85. The standard InChI is InChI=1S/C24H25FN2O4S2/c25-20-11-4-5-12-22(20)31-17-21(18-8-2-1-3-9-18)26-24(28)19-10-6-14-27(16-19)33(29,30)23-13-7-15-32-23/h1-5,7-9,11-13,15,19,21H,6,10,14,16-17H2,(H,26,28). The molecule has 0 saturated carbocycles. The van der Waals surface area contributed by atoms with Crippen molar-refractivity contribution in [3.8, 4) is 5.75 Å². The molecule has 0 radical (unpaired) electrons. The maximum Gasteiger partial charge on any atom is 0.252 e. The van der Waals surface area contributed by atoms with E-state index in [2.05, 4.69) is 5.32 Å². The first-order chi connectivity index (χ1) is 15.9. The fourth-order valence-corrected chi connectivity index (χ4v) is 6.51. The summed E-state index contributed by atoms with van der Waals surface area (Å²) in [5.41, 5.74) is 0.820. The van der Waals surface area contributed by atoms with Gasteiger partial charge in [-0.2, -0.15) is 4.31 Å². The minimum atomic E-state index is -3.61. The van der Waals surface area contributed by atoms with Gasteiger partial charge < -0.3 is 10.1 Å². The number of carbonyl (C=O) groups excluding carboxylic acids is 1. The van der Waals surface area contributed by atoms with Gasteiger partial charge in [0.25, 0.3) is 10.0 Å². The first kappa shape index (κ1) is 23.4. The third-order valence-corrected chi connectivity index (χ3v) is 8.84.